The first-order valence-electron chi connectivity index (χ1n) is 9.01. The molecular formula is C21H20N2O5S. The topological polar surface area (TPSA) is 102 Å². The standard InChI is InChI=1S/C21H20N2O5S/c1-12(20(26)14-7-9-15(10-8-14)22-13(2)24)28-19(25)11-18-21(27)23-16-5-3-4-6-17(16)29-18/h3-10,12,18H,11H2,1-2H3,(H,22,24)(H,23,27)/t12-,18+/m1/s1. The van der Waals surface area contributed by atoms with Gasteiger partial charge >= 0.3 is 5.97 Å². The van der Waals surface area contributed by atoms with Crippen molar-refractivity contribution in [1.82, 2.24) is 0 Å². The van der Waals surface area contributed by atoms with Crippen molar-refractivity contribution in [2.75, 3.05) is 10.6 Å². The fourth-order valence-electron chi connectivity index (χ4n) is 2.83. The molecule has 8 heteroatoms. The van der Waals surface area contributed by atoms with Crippen molar-refractivity contribution in [1.29, 1.82) is 0 Å². The number of carbonyl (C=O) groups is 4. The average molecular weight is 412 g/mol. The predicted molar refractivity (Wildman–Crippen MR) is 110 cm³/mol. The molecule has 2 aromatic rings. The fraction of sp³-hybridized carbons (Fsp3) is 0.238. The molecule has 1 aliphatic heterocycles. The lowest BCUT2D eigenvalue weighted by molar-refractivity contribution is -0.147. The van der Waals surface area contributed by atoms with Crippen LogP contribution in [0.4, 0.5) is 11.4 Å². The second-order valence-electron chi connectivity index (χ2n) is 6.55. The van der Waals surface area contributed by atoms with Gasteiger partial charge in [-0.15, -0.1) is 11.8 Å². The van der Waals surface area contributed by atoms with Crippen molar-refractivity contribution in [3.63, 3.8) is 0 Å². The molecule has 1 heterocycles. The lowest BCUT2D eigenvalue weighted by atomic mass is 10.1. The Balaban J connectivity index is 1.57. The van der Waals surface area contributed by atoms with Crippen LogP contribution in [0.3, 0.4) is 0 Å². The number of Topliss-reactive ketones (excluding diaryl/α,β-unsaturated/α-hetero) is 1. The third-order valence-electron chi connectivity index (χ3n) is 4.23. The van der Waals surface area contributed by atoms with Crippen LogP contribution in [-0.2, 0) is 19.1 Å². The van der Waals surface area contributed by atoms with Gasteiger partial charge in [-0.2, -0.15) is 0 Å². The van der Waals surface area contributed by atoms with Gasteiger partial charge in [-0.3, -0.25) is 19.2 Å². The molecule has 0 spiro atoms. The van der Waals surface area contributed by atoms with Gasteiger partial charge in [-0.1, -0.05) is 12.1 Å². The van der Waals surface area contributed by atoms with E-state index in [1.54, 1.807) is 30.3 Å². The normalized spacial score (nSPS) is 16.2. The van der Waals surface area contributed by atoms with Crippen LogP contribution >= 0.6 is 11.8 Å². The highest BCUT2D eigenvalue weighted by Crippen LogP contribution is 2.36. The Hall–Kier alpha value is -3.13. The van der Waals surface area contributed by atoms with Crippen LogP contribution < -0.4 is 10.6 Å². The molecule has 3 rings (SSSR count). The molecule has 0 aromatic heterocycles. The van der Waals surface area contributed by atoms with E-state index in [2.05, 4.69) is 10.6 Å². The number of hydrogen-bond donors (Lipinski definition) is 2. The molecule has 150 valence electrons. The number of rotatable bonds is 6. The molecule has 0 radical (unpaired) electrons. The Morgan fingerprint density at radius 1 is 1.14 bits per heavy atom. The Bertz CT molecular complexity index is 958. The van der Waals surface area contributed by atoms with Crippen molar-refractivity contribution in [2.45, 2.75) is 36.5 Å². The van der Waals surface area contributed by atoms with Crippen LogP contribution in [0.15, 0.2) is 53.4 Å². The molecule has 7 nitrogen and oxygen atoms in total. The first-order valence-corrected chi connectivity index (χ1v) is 9.89. The average Bonchev–Trinajstić information content (AvgIpc) is 2.68. The van der Waals surface area contributed by atoms with Crippen LogP contribution in [0, 0.1) is 0 Å². The van der Waals surface area contributed by atoms with E-state index < -0.39 is 17.3 Å². The number of esters is 1. The van der Waals surface area contributed by atoms with Crippen molar-refractivity contribution in [2.24, 2.45) is 0 Å². The lowest BCUT2D eigenvalue weighted by Crippen LogP contribution is -2.33. The first kappa shape index (κ1) is 20.6. The number of ether oxygens (including phenoxy) is 1. The third kappa shape index (κ3) is 5.23. The van der Waals surface area contributed by atoms with Crippen molar-refractivity contribution in [3.05, 3.63) is 54.1 Å². The van der Waals surface area contributed by atoms with Gasteiger partial charge in [0.1, 0.15) is 0 Å². The van der Waals surface area contributed by atoms with E-state index in [-0.39, 0.29) is 24.0 Å². The number of benzene rings is 2. The molecule has 0 bridgehead atoms. The number of para-hydroxylation sites is 1. The molecule has 2 aromatic carbocycles. The smallest absolute Gasteiger partial charge is 0.308 e. The maximum atomic E-state index is 12.5. The molecule has 1 aliphatic rings. The zero-order valence-electron chi connectivity index (χ0n) is 15.9. The van der Waals surface area contributed by atoms with Crippen LogP contribution in [0.25, 0.3) is 0 Å². The summed E-state index contributed by atoms with van der Waals surface area (Å²) in [5, 5.41) is 4.77. The highest BCUT2D eigenvalue weighted by atomic mass is 32.2. The summed E-state index contributed by atoms with van der Waals surface area (Å²) in [4.78, 5) is 48.9. The summed E-state index contributed by atoms with van der Waals surface area (Å²) in [6.45, 7) is 2.88. The fourth-order valence-corrected chi connectivity index (χ4v) is 3.93. The van der Waals surface area contributed by atoms with Crippen molar-refractivity contribution >= 4 is 46.7 Å². The second-order valence-corrected chi connectivity index (χ2v) is 7.80. The zero-order chi connectivity index (χ0) is 21.0. The van der Waals surface area contributed by atoms with Gasteiger partial charge in [0.05, 0.1) is 17.4 Å². The molecule has 0 fully saturated rings. The summed E-state index contributed by atoms with van der Waals surface area (Å²) < 4.78 is 5.25. The number of nitrogens with one attached hydrogen (secondary N) is 2. The summed E-state index contributed by atoms with van der Waals surface area (Å²) >= 11 is 1.30. The van der Waals surface area contributed by atoms with E-state index in [4.69, 9.17) is 4.74 Å². The summed E-state index contributed by atoms with van der Waals surface area (Å²) in [5.41, 5.74) is 1.65. The third-order valence-corrected chi connectivity index (χ3v) is 5.50. The van der Waals surface area contributed by atoms with Gasteiger partial charge in [0.15, 0.2) is 6.10 Å². The Morgan fingerprint density at radius 2 is 1.83 bits per heavy atom. The van der Waals surface area contributed by atoms with Gasteiger partial charge in [0.25, 0.3) is 0 Å². The number of ketones is 1. The minimum Gasteiger partial charge on any atom is -0.454 e. The number of amides is 2. The quantitative estimate of drug-likeness (QED) is 0.558. The zero-order valence-corrected chi connectivity index (χ0v) is 16.7. The summed E-state index contributed by atoms with van der Waals surface area (Å²) in [5.74, 6) is -1.46. The number of fused-ring (bicyclic) bond motifs is 1. The minimum atomic E-state index is -0.988. The van der Waals surface area contributed by atoms with Gasteiger partial charge in [-0.05, 0) is 43.3 Å². The summed E-state index contributed by atoms with van der Waals surface area (Å²) in [6, 6.07) is 13.7. The van der Waals surface area contributed by atoms with E-state index in [0.717, 1.165) is 10.6 Å². The number of hydrogen-bond acceptors (Lipinski definition) is 6. The molecule has 0 saturated heterocycles. The van der Waals surface area contributed by atoms with Gasteiger partial charge < -0.3 is 15.4 Å². The Morgan fingerprint density at radius 3 is 2.52 bits per heavy atom. The molecule has 2 amide bonds. The Labute approximate surface area is 172 Å². The van der Waals surface area contributed by atoms with Crippen molar-refractivity contribution < 1.29 is 23.9 Å². The SMILES string of the molecule is CC(=O)Nc1ccc(C(=O)[C@@H](C)OC(=O)C[C@@H]2Sc3ccccc3NC2=O)cc1. The number of carbonyl (C=O) groups excluding carboxylic acids is 4. The van der Waals surface area contributed by atoms with E-state index >= 15 is 0 Å². The molecule has 0 aliphatic carbocycles. The minimum absolute atomic E-state index is 0.135. The Kier molecular flexibility index (Phi) is 6.33. The van der Waals surface area contributed by atoms with E-state index in [1.165, 1.54) is 25.6 Å². The monoisotopic (exact) mass is 412 g/mol. The van der Waals surface area contributed by atoms with Crippen molar-refractivity contribution in [3.8, 4) is 0 Å². The van der Waals surface area contributed by atoms with E-state index in [0.29, 0.717) is 11.3 Å². The summed E-state index contributed by atoms with van der Waals surface area (Å²) in [7, 11) is 0. The first-order chi connectivity index (χ1) is 13.8. The van der Waals surface area contributed by atoms with E-state index in [1.807, 2.05) is 18.2 Å². The highest BCUT2D eigenvalue weighted by Gasteiger charge is 2.30. The number of anilines is 2. The van der Waals surface area contributed by atoms with Crippen LogP contribution in [0.1, 0.15) is 30.6 Å². The largest absolute Gasteiger partial charge is 0.454 e. The molecule has 0 unspecified atom stereocenters. The van der Waals surface area contributed by atoms with Crippen LogP contribution in [-0.4, -0.2) is 34.9 Å². The van der Waals surface area contributed by atoms with Gasteiger partial charge in [0.2, 0.25) is 17.6 Å². The second kappa shape index (κ2) is 8.91. The van der Waals surface area contributed by atoms with Gasteiger partial charge in [-0.25, -0.2) is 0 Å². The van der Waals surface area contributed by atoms with Crippen LogP contribution in [0.5, 0.6) is 0 Å². The number of thioether (sulfide) groups is 1. The molecule has 29 heavy (non-hydrogen) atoms. The molecule has 0 saturated carbocycles. The summed E-state index contributed by atoms with van der Waals surface area (Å²) in [6.07, 6.45) is -1.12. The predicted octanol–water partition coefficient (Wildman–Crippen LogP) is 3.26. The lowest BCUT2D eigenvalue weighted by Gasteiger charge is -2.23. The maximum Gasteiger partial charge on any atom is 0.308 e. The molecule has 2 atom stereocenters. The molecular weight excluding hydrogens is 392 g/mol. The van der Waals surface area contributed by atoms with E-state index in [9.17, 15) is 19.2 Å². The van der Waals surface area contributed by atoms with Crippen LogP contribution in [0.2, 0.25) is 0 Å². The molecule has 2 N–H and O–H groups in total. The maximum absolute atomic E-state index is 12.5. The van der Waals surface area contributed by atoms with Gasteiger partial charge in [0, 0.05) is 23.1 Å². The highest BCUT2D eigenvalue weighted by molar-refractivity contribution is 8.01.